The van der Waals surface area contributed by atoms with Crippen molar-refractivity contribution in [3.05, 3.63) is 68.0 Å². The van der Waals surface area contributed by atoms with Gasteiger partial charge in [0.05, 0.1) is 6.04 Å². The summed E-state index contributed by atoms with van der Waals surface area (Å²) < 4.78 is 14.4. The molecule has 0 saturated carbocycles. The molecule has 2 aromatic rings. The molecule has 0 heterocycles. The molecule has 1 atom stereocenters. The van der Waals surface area contributed by atoms with E-state index in [1.54, 1.807) is 6.07 Å². The van der Waals surface area contributed by atoms with Crippen molar-refractivity contribution in [3.8, 4) is 0 Å². The summed E-state index contributed by atoms with van der Waals surface area (Å²) in [6.45, 7) is 0. The van der Waals surface area contributed by atoms with Gasteiger partial charge in [0.2, 0.25) is 0 Å². The molecule has 0 aromatic heterocycles. The molecule has 0 spiro atoms. The second kappa shape index (κ2) is 6.65. The highest BCUT2D eigenvalue weighted by molar-refractivity contribution is 14.1. The molecule has 2 rings (SSSR count). The van der Waals surface area contributed by atoms with E-state index in [0.717, 1.165) is 14.7 Å². The lowest BCUT2D eigenvalue weighted by atomic mass is 9.99. The highest BCUT2D eigenvalue weighted by atomic mass is 127. The van der Waals surface area contributed by atoms with Gasteiger partial charge in [0, 0.05) is 8.59 Å². The van der Waals surface area contributed by atoms with Gasteiger partial charge in [0.1, 0.15) is 5.82 Å². The van der Waals surface area contributed by atoms with Crippen molar-refractivity contribution in [2.75, 3.05) is 0 Å². The maximum Gasteiger partial charge on any atom is 0.123 e. The van der Waals surface area contributed by atoms with Gasteiger partial charge in [-0.25, -0.2) is 4.39 Å². The fourth-order valence-electron chi connectivity index (χ4n) is 1.92. The molecule has 0 aliphatic rings. The van der Waals surface area contributed by atoms with Crippen LogP contribution in [0.4, 0.5) is 4.39 Å². The Balaban J connectivity index is 2.26. The van der Waals surface area contributed by atoms with Crippen molar-refractivity contribution in [3.63, 3.8) is 0 Å². The van der Waals surface area contributed by atoms with Gasteiger partial charge in [-0.1, -0.05) is 23.7 Å². The fraction of sp³-hybridized carbons (Fsp3) is 0.143. The Hall–Kier alpha value is -0.690. The van der Waals surface area contributed by atoms with E-state index in [1.807, 2.05) is 24.3 Å². The van der Waals surface area contributed by atoms with Crippen molar-refractivity contribution in [2.45, 2.75) is 12.5 Å². The molecule has 5 heteroatoms. The molecule has 2 aromatic carbocycles. The molecule has 0 radical (unpaired) electrons. The van der Waals surface area contributed by atoms with E-state index in [0.29, 0.717) is 11.4 Å². The third-order valence-electron chi connectivity index (χ3n) is 2.88. The Kier molecular flexibility index (Phi) is 5.15. The van der Waals surface area contributed by atoms with Gasteiger partial charge in [-0.2, -0.15) is 0 Å². The molecule has 100 valence electrons. The van der Waals surface area contributed by atoms with Crippen molar-refractivity contribution in [2.24, 2.45) is 5.84 Å². The molecule has 2 nitrogen and oxygen atoms in total. The SMILES string of the molecule is NNC(Cc1cc(F)ccc1Cl)c1cccc(I)c1. The monoisotopic (exact) mass is 390 g/mol. The average Bonchev–Trinajstić information content (AvgIpc) is 2.39. The number of nitrogens with one attached hydrogen (secondary N) is 1. The zero-order valence-electron chi connectivity index (χ0n) is 10.0. The first-order chi connectivity index (χ1) is 9.10. The van der Waals surface area contributed by atoms with Gasteiger partial charge in [-0.15, -0.1) is 0 Å². The summed E-state index contributed by atoms with van der Waals surface area (Å²) in [4.78, 5) is 0. The Bertz CT molecular complexity index is 577. The number of benzene rings is 2. The highest BCUT2D eigenvalue weighted by Crippen LogP contribution is 2.24. The van der Waals surface area contributed by atoms with Crippen LogP contribution in [0.3, 0.4) is 0 Å². The molecule has 1 unspecified atom stereocenters. The van der Waals surface area contributed by atoms with E-state index in [1.165, 1.54) is 12.1 Å². The summed E-state index contributed by atoms with van der Waals surface area (Å²) in [5.41, 5.74) is 4.55. The van der Waals surface area contributed by atoms with Crippen LogP contribution in [0, 0.1) is 9.39 Å². The number of halogens is 3. The van der Waals surface area contributed by atoms with Gasteiger partial charge in [0.15, 0.2) is 0 Å². The Labute approximate surface area is 130 Å². The minimum absolute atomic E-state index is 0.103. The third kappa shape index (κ3) is 3.89. The molecule has 0 aliphatic carbocycles. The number of hydrogen-bond acceptors (Lipinski definition) is 2. The third-order valence-corrected chi connectivity index (χ3v) is 3.92. The van der Waals surface area contributed by atoms with E-state index in [4.69, 9.17) is 17.4 Å². The van der Waals surface area contributed by atoms with Crippen LogP contribution < -0.4 is 11.3 Å². The topological polar surface area (TPSA) is 38.0 Å². The Morgan fingerprint density at radius 1 is 1.26 bits per heavy atom. The predicted octanol–water partition coefficient (Wildman–Crippen LogP) is 3.83. The van der Waals surface area contributed by atoms with Crippen LogP contribution in [0.5, 0.6) is 0 Å². The Morgan fingerprint density at radius 3 is 2.74 bits per heavy atom. The Morgan fingerprint density at radius 2 is 2.05 bits per heavy atom. The molecule has 19 heavy (non-hydrogen) atoms. The summed E-state index contributed by atoms with van der Waals surface area (Å²) >= 11 is 8.32. The summed E-state index contributed by atoms with van der Waals surface area (Å²) in [5, 5.41) is 0.548. The maximum absolute atomic E-state index is 13.3. The number of hydrazine groups is 1. The molecule has 0 aliphatic heterocycles. The second-order valence-electron chi connectivity index (χ2n) is 4.21. The lowest BCUT2D eigenvalue weighted by Crippen LogP contribution is -2.29. The van der Waals surface area contributed by atoms with Crippen LogP contribution in [-0.2, 0) is 6.42 Å². The maximum atomic E-state index is 13.3. The lowest BCUT2D eigenvalue weighted by molar-refractivity contribution is 0.548. The molecular weight excluding hydrogens is 378 g/mol. The van der Waals surface area contributed by atoms with Crippen LogP contribution in [0.25, 0.3) is 0 Å². The molecule has 0 bridgehead atoms. The molecule has 3 N–H and O–H groups in total. The predicted molar refractivity (Wildman–Crippen MR) is 84.3 cm³/mol. The summed E-state index contributed by atoms with van der Waals surface area (Å²) in [6.07, 6.45) is 0.535. The van der Waals surface area contributed by atoms with Crippen LogP contribution in [0.2, 0.25) is 5.02 Å². The van der Waals surface area contributed by atoms with Gasteiger partial charge < -0.3 is 0 Å². The quantitative estimate of drug-likeness (QED) is 0.473. The van der Waals surface area contributed by atoms with Crippen molar-refractivity contribution in [1.82, 2.24) is 5.43 Å². The first kappa shape index (κ1) is 14.7. The van der Waals surface area contributed by atoms with Crippen LogP contribution >= 0.6 is 34.2 Å². The van der Waals surface area contributed by atoms with Gasteiger partial charge in [0.25, 0.3) is 0 Å². The number of nitrogens with two attached hydrogens (primary N) is 1. The normalized spacial score (nSPS) is 12.4. The van der Waals surface area contributed by atoms with E-state index in [2.05, 4.69) is 28.0 Å². The molecule has 0 fully saturated rings. The first-order valence-electron chi connectivity index (χ1n) is 5.75. The largest absolute Gasteiger partial charge is 0.271 e. The van der Waals surface area contributed by atoms with Crippen LogP contribution in [-0.4, -0.2) is 0 Å². The van der Waals surface area contributed by atoms with Crippen LogP contribution in [0.15, 0.2) is 42.5 Å². The summed E-state index contributed by atoms with van der Waals surface area (Å²) in [5.74, 6) is 5.31. The zero-order valence-corrected chi connectivity index (χ0v) is 13.0. The number of hydrogen-bond donors (Lipinski definition) is 2. The molecular formula is C14H13ClFIN2. The fourth-order valence-corrected chi connectivity index (χ4v) is 2.68. The first-order valence-corrected chi connectivity index (χ1v) is 7.21. The smallest absolute Gasteiger partial charge is 0.123 e. The highest BCUT2D eigenvalue weighted by Gasteiger charge is 2.13. The minimum Gasteiger partial charge on any atom is -0.271 e. The van der Waals surface area contributed by atoms with Crippen LogP contribution in [0.1, 0.15) is 17.2 Å². The van der Waals surface area contributed by atoms with E-state index in [9.17, 15) is 4.39 Å². The van der Waals surface area contributed by atoms with Crippen molar-refractivity contribution in [1.29, 1.82) is 0 Å². The average molecular weight is 391 g/mol. The van der Waals surface area contributed by atoms with Gasteiger partial charge >= 0.3 is 0 Å². The zero-order chi connectivity index (χ0) is 13.8. The second-order valence-corrected chi connectivity index (χ2v) is 5.87. The lowest BCUT2D eigenvalue weighted by Gasteiger charge is -2.17. The van der Waals surface area contributed by atoms with Gasteiger partial charge in [-0.05, 0) is 70.5 Å². The molecule has 0 amide bonds. The minimum atomic E-state index is -0.294. The standard InChI is InChI=1S/C14H13ClFIN2/c15-13-5-4-11(16)6-10(13)8-14(19-18)9-2-1-3-12(17)7-9/h1-7,14,19H,8,18H2. The van der Waals surface area contributed by atoms with Crippen molar-refractivity contribution >= 4 is 34.2 Å². The molecule has 0 saturated heterocycles. The summed E-state index contributed by atoms with van der Waals surface area (Å²) in [7, 11) is 0. The summed E-state index contributed by atoms with van der Waals surface area (Å²) in [6, 6.07) is 12.3. The van der Waals surface area contributed by atoms with Gasteiger partial charge in [-0.3, -0.25) is 11.3 Å². The van der Waals surface area contributed by atoms with E-state index < -0.39 is 0 Å². The number of rotatable bonds is 4. The van der Waals surface area contributed by atoms with E-state index >= 15 is 0 Å². The van der Waals surface area contributed by atoms with E-state index in [-0.39, 0.29) is 11.9 Å². The van der Waals surface area contributed by atoms with Crippen molar-refractivity contribution < 1.29 is 4.39 Å².